The van der Waals surface area contributed by atoms with Gasteiger partial charge in [0.1, 0.15) is 11.4 Å². The number of nitrogens with zero attached hydrogens (tertiary/aromatic N) is 1. The van der Waals surface area contributed by atoms with E-state index in [1.165, 1.54) is 0 Å². The molecule has 2 aliphatic rings. The zero-order chi connectivity index (χ0) is 13.3. The van der Waals surface area contributed by atoms with Crippen LogP contribution in [0, 0.1) is 5.92 Å². The molecule has 0 aromatic rings. The first-order valence-electron chi connectivity index (χ1n) is 6.88. The van der Waals surface area contributed by atoms with Crippen LogP contribution in [0.4, 0.5) is 4.79 Å². The molecule has 102 valence electrons. The first-order valence-corrected chi connectivity index (χ1v) is 6.88. The summed E-state index contributed by atoms with van der Waals surface area (Å²) in [6.45, 7) is 6.43. The number of hydrogen-bond acceptors (Lipinski definition) is 3. The maximum Gasteiger partial charge on any atom is 0.410 e. The third-order valence-corrected chi connectivity index (χ3v) is 3.76. The molecule has 2 fully saturated rings. The van der Waals surface area contributed by atoms with Crippen LogP contribution in [0.5, 0.6) is 0 Å². The van der Waals surface area contributed by atoms with Crippen LogP contribution in [0.2, 0.25) is 0 Å². The number of hydrogen-bond donors (Lipinski definition) is 0. The Hall–Kier alpha value is -1.06. The standard InChI is InChI=1S/C14H23NO3/c1-14(2,3)18-13(17)15-8-4-5-10-9-11(16)6-7-12(10)15/h10,12H,4-9H2,1-3H3/t10?,12-/m1/s1. The molecule has 0 bridgehead atoms. The van der Waals surface area contributed by atoms with E-state index in [9.17, 15) is 9.59 Å². The third-order valence-electron chi connectivity index (χ3n) is 3.76. The van der Waals surface area contributed by atoms with Crippen molar-refractivity contribution < 1.29 is 14.3 Å². The molecule has 2 atom stereocenters. The summed E-state index contributed by atoms with van der Waals surface area (Å²) in [5.41, 5.74) is -0.450. The van der Waals surface area contributed by atoms with Crippen molar-refractivity contribution in [2.75, 3.05) is 6.54 Å². The van der Waals surface area contributed by atoms with Crippen molar-refractivity contribution >= 4 is 11.9 Å². The Kier molecular flexibility index (Phi) is 3.64. The molecular formula is C14H23NO3. The summed E-state index contributed by atoms with van der Waals surface area (Å²) in [4.78, 5) is 25.5. The van der Waals surface area contributed by atoms with Gasteiger partial charge in [0.2, 0.25) is 0 Å². The monoisotopic (exact) mass is 253 g/mol. The number of Topliss-reactive ketones (excluding diaryl/α,β-unsaturated/α-hetero) is 1. The molecule has 2 rings (SSSR count). The summed E-state index contributed by atoms with van der Waals surface area (Å²) < 4.78 is 5.46. The van der Waals surface area contributed by atoms with Gasteiger partial charge in [-0.3, -0.25) is 4.79 Å². The van der Waals surface area contributed by atoms with Crippen LogP contribution < -0.4 is 0 Å². The van der Waals surface area contributed by atoms with Crippen molar-refractivity contribution in [2.24, 2.45) is 5.92 Å². The highest BCUT2D eigenvalue weighted by Gasteiger charge is 2.39. The van der Waals surface area contributed by atoms with E-state index in [4.69, 9.17) is 4.74 Å². The Morgan fingerprint density at radius 2 is 2.06 bits per heavy atom. The Morgan fingerprint density at radius 1 is 1.33 bits per heavy atom. The second-order valence-electron chi connectivity index (χ2n) is 6.42. The van der Waals surface area contributed by atoms with Crippen LogP contribution in [-0.2, 0) is 9.53 Å². The topological polar surface area (TPSA) is 46.6 Å². The average Bonchev–Trinajstić information content (AvgIpc) is 2.25. The van der Waals surface area contributed by atoms with Crippen molar-refractivity contribution in [3.8, 4) is 0 Å². The van der Waals surface area contributed by atoms with Crippen molar-refractivity contribution in [1.29, 1.82) is 0 Å². The number of fused-ring (bicyclic) bond motifs is 1. The molecule has 0 N–H and O–H groups in total. The average molecular weight is 253 g/mol. The van der Waals surface area contributed by atoms with E-state index < -0.39 is 5.60 Å². The predicted octanol–water partition coefficient (Wildman–Crippen LogP) is 2.76. The van der Waals surface area contributed by atoms with E-state index in [1.54, 1.807) is 0 Å². The van der Waals surface area contributed by atoms with Crippen LogP contribution in [0.1, 0.15) is 52.9 Å². The minimum Gasteiger partial charge on any atom is -0.444 e. The molecule has 0 aromatic carbocycles. The van der Waals surface area contributed by atoms with E-state index in [1.807, 2.05) is 25.7 Å². The van der Waals surface area contributed by atoms with Gasteiger partial charge in [0.25, 0.3) is 0 Å². The van der Waals surface area contributed by atoms with Crippen molar-refractivity contribution in [3.05, 3.63) is 0 Å². The second-order valence-corrected chi connectivity index (χ2v) is 6.42. The van der Waals surface area contributed by atoms with Crippen molar-refractivity contribution in [3.63, 3.8) is 0 Å². The molecule has 0 aromatic heterocycles. The van der Waals surface area contributed by atoms with Gasteiger partial charge in [-0.1, -0.05) is 0 Å². The van der Waals surface area contributed by atoms with E-state index in [0.717, 1.165) is 25.8 Å². The van der Waals surface area contributed by atoms with Gasteiger partial charge in [-0.25, -0.2) is 4.79 Å². The van der Waals surface area contributed by atoms with Gasteiger partial charge in [0.15, 0.2) is 0 Å². The smallest absolute Gasteiger partial charge is 0.410 e. The van der Waals surface area contributed by atoms with Crippen LogP contribution in [0.15, 0.2) is 0 Å². The van der Waals surface area contributed by atoms with Crippen LogP contribution in [-0.4, -0.2) is 35.0 Å². The Morgan fingerprint density at radius 3 is 2.72 bits per heavy atom. The molecule has 1 saturated heterocycles. The molecule has 1 heterocycles. The van der Waals surface area contributed by atoms with Crippen molar-refractivity contribution in [1.82, 2.24) is 4.90 Å². The largest absolute Gasteiger partial charge is 0.444 e. The van der Waals surface area contributed by atoms with Gasteiger partial charge in [-0.15, -0.1) is 0 Å². The minimum absolute atomic E-state index is 0.214. The molecule has 0 radical (unpaired) electrons. The normalized spacial score (nSPS) is 28.8. The first-order chi connectivity index (χ1) is 8.37. The molecule has 1 unspecified atom stereocenters. The molecule has 1 aliphatic heterocycles. The predicted molar refractivity (Wildman–Crippen MR) is 68.3 cm³/mol. The van der Waals surface area contributed by atoms with Gasteiger partial charge in [-0.05, 0) is 46.0 Å². The van der Waals surface area contributed by atoms with E-state index in [-0.39, 0.29) is 12.1 Å². The van der Waals surface area contributed by atoms with Gasteiger partial charge < -0.3 is 9.64 Å². The maximum atomic E-state index is 12.2. The molecule has 4 nitrogen and oxygen atoms in total. The lowest BCUT2D eigenvalue weighted by molar-refractivity contribution is -0.124. The summed E-state index contributed by atoms with van der Waals surface area (Å²) in [5.74, 6) is 0.704. The molecule has 1 aliphatic carbocycles. The second kappa shape index (κ2) is 4.90. The van der Waals surface area contributed by atoms with Crippen LogP contribution in [0.3, 0.4) is 0 Å². The molecule has 1 saturated carbocycles. The summed E-state index contributed by atoms with van der Waals surface area (Å²) in [7, 11) is 0. The van der Waals surface area contributed by atoms with Gasteiger partial charge in [0.05, 0.1) is 0 Å². The SMILES string of the molecule is CC(C)(C)OC(=O)N1CCCC2CC(=O)CC[C@H]21. The number of carbonyl (C=O) groups is 2. The zero-order valence-corrected chi connectivity index (χ0v) is 11.6. The maximum absolute atomic E-state index is 12.2. The summed E-state index contributed by atoms with van der Waals surface area (Å²) in [5, 5.41) is 0. The molecule has 18 heavy (non-hydrogen) atoms. The lowest BCUT2D eigenvalue weighted by Gasteiger charge is -2.43. The number of ether oxygens (including phenoxy) is 1. The quantitative estimate of drug-likeness (QED) is 0.667. The van der Waals surface area contributed by atoms with E-state index in [2.05, 4.69) is 0 Å². The van der Waals surface area contributed by atoms with Gasteiger partial charge in [0, 0.05) is 25.4 Å². The zero-order valence-electron chi connectivity index (χ0n) is 11.6. The highest BCUT2D eigenvalue weighted by Crippen LogP contribution is 2.34. The molecule has 4 heteroatoms. The minimum atomic E-state index is -0.450. The number of piperidine rings is 1. The Balaban J connectivity index is 2.03. The van der Waals surface area contributed by atoms with Gasteiger partial charge in [-0.2, -0.15) is 0 Å². The number of amides is 1. The number of carbonyl (C=O) groups excluding carboxylic acids is 2. The fourth-order valence-corrected chi connectivity index (χ4v) is 3.02. The Bertz CT molecular complexity index is 345. The molecular weight excluding hydrogens is 230 g/mol. The first kappa shape index (κ1) is 13.4. The lowest BCUT2D eigenvalue weighted by Crippen LogP contribution is -2.52. The van der Waals surface area contributed by atoms with Crippen LogP contribution >= 0.6 is 0 Å². The highest BCUT2D eigenvalue weighted by atomic mass is 16.6. The Labute approximate surface area is 109 Å². The lowest BCUT2D eigenvalue weighted by atomic mass is 9.78. The van der Waals surface area contributed by atoms with Crippen molar-refractivity contribution in [2.45, 2.75) is 64.5 Å². The number of ketones is 1. The van der Waals surface area contributed by atoms with Gasteiger partial charge >= 0.3 is 6.09 Å². The fourth-order valence-electron chi connectivity index (χ4n) is 3.02. The molecule has 1 amide bonds. The highest BCUT2D eigenvalue weighted by molar-refractivity contribution is 5.80. The van der Waals surface area contributed by atoms with E-state index >= 15 is 0 Å². The number of likely N-dealkylation sites (tertiary alicyclic amines) is 1. The summed E-state index contributed by atoms with van der Waals surface area (Å²) >= 11 is 0. The van der Waals surface area contributed by atoms with E-state index in [0.29, 0.717) is 24.5 Å². The fraction of sp³-hybridized carbons (Fsp3) is 0.857. The molecule has 0 spiro atoms. The van der Waals surface area contributed by atoms with Crippen LogP contribution in [0.25, 0.3) is 0 Å². The summed E-state index contributed by atoms with van der Waals surface area (Å²) in [6.07, 6.45) is 3.89. The third kappa shape index (κ3) is 3.03. The summed E-state index contributed by atoms with van der Waals surface area (Å²) in [6, 6.07) is 0.214. The number of rotatable bonds is 0.